The van der Waals surface area contributed by atoms with Crippen LogP contribution in [0.1, 0.15) is 24.5 Å². The molecule has 134 valence electrons. The molecule has 1 atom stereocenters. The van der Waals surface area contributed by atoms with Crippen LogP contribution in [-0.2, 0) is 13.0 Å². The van der Waals surface area contributed by atoms with Crippen LogP contribution in [0.3, 0.4) is 0 Å². The van der Waals surface area contributed by atoms with Crippen LogP contribution in [0.15, 0.2) is 73.1 Å². The Hall–Kier alpha value is -3.08. The second kappa shape index (κ2) is 8.85. The van der Waals surface area contributed by atoms with Gasteiger partial charge in [-0.15, -0.1) is 0 Å². The van der Waals surface area contributed by atoms with Gasteiger partial charge in [-0.25, -0.2) is 4.79 Å². The molecule has 0 radical (unpaired) electrons. The van der Waals surface area contributed by atoms with Gasteiger partial charge in [0.05, 0.1) is 6.54 Å². The van der Waals surface area contributed by atoms with E-state index >= 15 is 0 Å². The lowest BCUT2D eigenvalue weighted by Crippen LogP contribution is -2.36. The summed E-state index contributed by atoms with van der Waals surface area (Å²) in [5.74, 6) is 0. The molecule has 26 heavy (non-hydrogen) atoms. The molecular weight excluding hydrogens is 324 g/mol. The van der Waals surface area contributed by atoms with Crippen molar-refractivity contribution in [2.75, 3.05) is 5.32 Å². The molecule has 0 aliphatic heterocycles. The van der Waals surface area contributed by atoms with Crippen LogP contribution in [0.2, 0.25) is 0 Å². The van der Waals surface area contributed by atoms with Gasteiger partial charge in [0, 0.05) is 24.1 Å². The third-order valence-corrected chi connectivity index (χ3v) is 4.20. The lowest BCUT2D eigenvalue weighted by Gasteiger charge is -2.15. The molecule has 0 aliphatic carbocycles. The van der Waals surface area contributed by atoms with Gasteiger partial charge in [-0.2, -0.15) is 5.10 Å². The van der Waals surface area contributed by atoms with E-state index in [4.69, 9.17) is 0 Å². The number of carbonyl (C=O) groups excluding carboxylic acids is 1. The van der Waals surface area contributed by atoms with Crippen molar-refractivity contribution in [3.8, 4) is 0 Å². The number of urea groups is 1. The number of rotatable bonds is 7. The van der Waals surface area contributed by atoms with Gasteiger partial charge in [-0.05, 0) is 49.1 Å². The SMILES string of the molecule is CC(CCc1ccccc1)NC(=O)Nc1ccc(Cn2cccn2)cc1. The van der Waals surface area contributed by atoms with E-state index in [0.717, 1.165) is 30.6 Å². The van der Waals surface area contributed by atoms with Gasteiger partial charge < -0.3 is 10.6 Å². The van der Waals surface area contributed by atoms with Crippen LogP contribution in [0.25, 0.3) is 0 Å². The lowest BCUT2D eigenvalue weighted by molar-refractivity contribution is 0.248. The minimum Gasteiger partial charge on any atom is -0.335 e. The summed E-state index contributed by atoms with van der Waals surface area (Å²) in [4.78, 5) is 12.1. The molecule has 3 rings (SSSR count). The van der Waals surface area contributed by atoms with Gasteiger partial charge in [0.2, 0.25) is 0 Å². The Labute approximate surface area is 154 Å². The molecule has 0 bridgehead atoms. The number of nitrogens with one attached hydrogen (secondary N) is 2. The largest absolute Gasteiger partial charge is 0.335 e. The van der Waals surface area contributed by atoms with Gasteiger partial charge >= 0.3 is 6.03 Å². The Balaban J connectivity index is 1.43. The average molecular weight is 348 g/mol. The van der Waals surface area contributed by atoms with Crippen LogP contribution >= 0.6 is 0 Å². The predicted molar refractivity (Wildman–Crippen MR) is 104 cm³/mol. The molecule has 3 aromatic rings. The number of benzene rings is 2. The first-order valence-electron chi connectivity index (χ1n) is 8.87. The quantitative estimate of drug-likeness (QED) is 0.676. The lowest BCUT2D eigenvalue weighted by atomic mass is 10.1. The Morgan fingerprint density at radius 2 is 1.81 bits per heavy atom. The fourth-order valence-corrected chi connectivity index (χ4v) is 2.77. The van der Waals surface area contributed by atoms with Gasteiger partial charge in [-0.3, -0.25) is 4.68 Å². The number of aromatic nitrogens is 2. The molecule has 0 saturated carbocycles. The topological polar surface area (TPSA) is 59.0 Å². The van der Waals surface area contributed by atoms with Gasteiger partial charge in [0.15, 0.2) is 0 Å². The average Bonchev–Trinajstić information content (AvgIpc) is 3.15. The van der Waals surface area contributed by atoms with E-state index in [1.165, 1.54) is 5.56 Å². The highest BCUT2D eigenvalue weighted by Crippen LogP contribution is 2.11. The first-order chi connectivity index (χ1) is 12.7. The third-order valence-electron chi connectivity index (χ3n) is 4.20. The van der Waals surface area contributed by atoms with E-state index in [2.05, 4.69) is 27.9 Å². The highest BCUT2D eigenvalue weighted by Gasteiger charge is 2.08. The third kappa shape index (κ3) is 5.48. The van der Waals surface area contributed by atoms with Gasteiger partial charge in [0.25, 0.3) is 0 Å². The number of amides is 2. The van der Waals surface area contributed by atoms with E-state index in [9.17, 15) is 4.79 Å². The summed E-state index contributed by atoms with van der Waals surface area (Å²) in [6.07, 6.45) is 5.54. The summed E-state index contributed by atoms with van der Waals surface area (Å²) in [5.41, 5.74) is 3.20. The van der Waals surface area contributed by atoms with Crippen LogP contribution in [0.4, 0.5) is 10.5 Å². The fourth-order valence-electron chi connectivity index (χ4n) is 2.77. The van der Waals surface area contributed by atoms with E-state index in [-0.39, 0.29) is 12.1 Å². The standard InChI is InChI=1S/C21H24N4O/c1-17(8-9-18-6-3-2-4-7-18)23-21(26)24-20-12-10-19(11-13-20)16-25-15-5-14-22-25/h2-7,10-15,17H,8-9,16H2,1H3,(H2,23,24,26). The summed E-state index contributed by atoms with van der Waals surface area (Å²) in [7, 11) is 0. The summed E-state index contributed by atoms with van der Waals surface area (Å²) >= 11 is 0. The maximum Gasteiger partial charge on any atom is 0.319 e. The number of carbonyl (C=O) groups is 1. The zero-order chi connectivity index (χ0) is 18.2. The fraction of sp³-hybridized carbons (Fsp3) is 0.238. The van der Waals surface area contributed by atoms with Gasteiger partial charge in [-0.1, -0.05) is 42.5 Å². The zero-order valence-corrected chi connectivity index (χ0v) is 14.9. The number of hydrogen-bond acceptors (Lipinski definition) is 2. The van der Waals surface area contributed by atoms with Crippen molar-refractivity contribution in [2.24, 2.45) is 0 Å². The first-order valence-corrected chi connectivity index (χ1v) is 8.87. The molecular formula is C21H24N4O. The minimum atomic E-state index is -0.176. The second-order valence-electron chi connectivity index (χ2n) is 6.42. The van der Waals surface area contributed by atoms with Crippen molar-refractivity contribution in [3.63, 3.8) is 0 Å². The van der Waals surface area contributed by atoms with Crippen molar-refractivity contribution in [3.05, 3.63) is 84.2 Å². The van der Waals surface area contributed by atoms with Crippen LogP contribution in [0.5, 0.6) is 0 Å². The van der Waals surface area contributed by atoms with Crippen LogP contribution < -0.4 is 10.6 Å². The van der Waals surface area contributed by atoms with Crippen LogP contribution in [0, 0.1) is 0 Å². The summed E-state index contributed by atoms with van der Waals surface area (Å²) < 4.78 is 1.86. The smallest absolute Gasteiger partial charge is 0.319 e. The highest BCUT2D eigenvalue weighted by molar-refractivity contribution is 5.89. The van der Waals surface area contributed by atoms with Crippen molar-refractivity contribution >= 4 is 11.7 Å². The monoisotopic (exact) mass is 348 g/mol. The number of aryl methyl sites for hydroxylation is 1. The maximum atomic E-state index is 12.1. The van der Waals surface area contributed by atoms with Crippen molar-refractivity contribution in [1.82, 2.24) is 15.1 Å². The molecule has 2 N–H and O–H groups in total. The van der Waals surface area contributed by atoms with E-state index in [1.807, 2.05) is 66.3 Å². The van der Waals surface area contributed by atoms with E-state index < -0.39 is 0 Å². The maximum absolute atomic E-state index is 12.1. The molecule has 1 unspecified atom stereocenters. The molecule has 0 saturated heterocycles. The number of anilines is 1. The minimum absolute atomic E-state index is 0.106. The normalized spacial score (nSPS) is 11.7. The Morgan fingerprint density at radius 3 is 2.50 bits per heavy atom. The Morgan fingerprint density at radius 1 is 1.04 bits per heavy atom. The van der Waals surface area contributed by atoms with E-state index in [0.29, 0.717) is 0 Å². The summed E-state index contributed by atoms with van der Waals surface area (Å²) in [6.45, 7) is 2.74. The summed E-state index contributed by atoms with van der Waals surface area (Å²) in [5, 5.41) is 10.1. The predicted octanol–water partition coefficient (Wildman–Crippen LogP) is 4.07. The second-order valence-corrected chi connectivity index (χ2v) is 6.42. The first kappa shape index (κ1) is 17.7. The molecule has 0 spiro atoms. The molecule has 2 aromatic carbocycles. The molecule has 0 aliphatic rings. The molecule has 5 heteroatoms. The Kier molecular flexibility index (Phi) is 6.04. The number of hydrogen-bond donors (Lipinski definition) is 2. The highest BCUT2D eigenvalue weighted by atomic mass is 16.2. The van der Waals surface area contributed by atoms with Crippen LogP contribution in [-0.4, -0.2) is 21.9 Å². The van der Waals surface area contributed by atoms with Gasteiger partial charge in [0.1, 0.15) is 0 Å². The molecule has 2 amide bonds. The molecule has 5 nitrogen and oxygen atoms in total. The van der Waals surface area contributed by atoms with E-state index in [1.54, 1.807) is 6.20 Å². The molecule has 1 heterocycles. The van der Waals surface area contributed by atoms with Crippen molar-refractivity contribution < 1.29 is 4.79 Å². The summed E-state index contributed by atoms with van der Waals surface area (Å²) in [6, 6.07) is 20.0. The zero-order valence-electron chi connectivity index (χ0n) is 14.9. The number of nitrogens with zero attached hydrogens (tertiary/aromatic N) is 2. The van der Waals surface area contributed by atoms with Crippen molar-refractivity contribution in [2.45, 2.75) is 32.4 Å². The Bertz CT molecular complexity index is 798. The molecule has 1 aromatic heterocycles. The molecule has 0 fully saturated rings. The van der Waals surface area contributed by atoms with Crippen molar-refractivity contribution in [1.29, 1.82) is 0 Å².